The highest BCUT2D eigenvalue weighted by Crippen LogP contribution is 2.27. The Kier molecular flexibility index (Phi) is 9.45. The Morgan fingerprint density at radius 1 is 1.00 bits per heavy atom. The third-order valence-corrected chi connectivity index (χ3v) is 6.28. The molecule has 0 bridgehead atoms. The van der Waals surface area contributed by atoms with Crippen LogP contribution in [0.15, 0.2) is 42.5 Å². The van der Waals surface area contributed by atoms with Crippen LogP contribution in [0.25, 0.3) is 0 Å². The number of nitrogens with zero attached hydrogens (tertiary/aromatic N) is 2. The van der Waals surface area contributed by atoms with E-state index in [0.29, 0.717) is 55.4 Å². The SMILES string of the molecule is COc1ccc(CCNC(=O)C[C@H](C)CC(=O)N2CCN(c3cccc(Cl)c3)CC2)cc1OC. The fourth-order valence-corrected chi connectivity index (χ4v) is 4.34. The van der Waals surface area contributed by atoms with Crippen LogP contribution in [0.4, 0.5) is 5.69 Å². The van der Waals surface area contributed by atoms with Crippen molar-refractivity contribution in [2.24, 2.45) is 5.92 Å². The van der Waals surface area contributed by atoms with E-state index in [4.69, 9.17) is 21.1 Å². The highest BCUT2D eigenvalue weighted by molar-refractivity contribution is 6.30. The van der Waals surface area contributed by atoms with E-state index < -0.39 is 0 Å². The van der Waals surface area contributed by atoms with Crippen molar-refractivity contribution >= 4 is 29.1 Å². The van der Waals surface area contributed by atoms with Gasteiger partial charge in [-0.1, -0.05) is 30.7 Å². The van der Waals surface area contributed by atoms with E-state index in [-0.39, 0.29) is 17.7 Å². The molecule has 34 heavy (non-hydrogen) atoms. The number of hydrogen-bond donors (Lipinski definition) is 1. The molecule has 1 N–H and O–H groups in total. The Hall–Kier alpha value is -2.93. The predicted molar refractivity (Wildman–Crippen MR) is 135 cm³/mol. The van der Waals surface area contributed by atoms with Gasteiger partial charge in [0.1, 0.15) is 0 Å². The lowest BCUT2D eigenvalue weighted by molar-refractivity contribution is -0.132. The van der Waals surface area contributed by atoms with Crippen molar-refractivity contribution in [2.75, 3.05) is 51.8 Å². The smallest absolute Gasteiger partial charge is 0.222 e. The second-order valence-electron chi connectivity index (χ2n) is 8.65. The Bertz CT molecular complexity index is 976. The third kappa shape index (κ3) is 7.29. The number of carbonyl (C=O) groups is 2. The molecule has 0 unspecified atom stereocenters. The first-order valence-corrected chi connectivity index (χ1v) is 12.0. The van der Waals surface area contributed by atoms with Crippen LogP contribution in [0.2, 0.25) is 5.02 Å². The summed E-state index contributed by atoms with van der Waals surface area (Å²) >= 11 is 6.09. The first kappa shape index (κ1) is 25.7. The Labute approximate surface area is 207 Å². The Morgan fingerprint density at radius 3 is 2.41 bits per heavy atom. The fourth-order valence-electron chi connectivity index (χ4n) is 4.16. The molecule has 1 atom stereocenters. The molecule has 1 aliphatic heterocycles. The molecule has 7 nitrogen and oxygen atoms in total. The summed E-state index contributed by atoms with van der Waals surface area (Å²) in [5.74, 6) is 1.41. The van der Waals surface area contributed by atoms with Crippen LogP contribution in [0.3, 0.4) is 0 Å². The number of rotatable bonds is 10. The van der Waals surface area contributed by atoms with Crippen LogP contribution in [-0.2, 0) is 16.0 Å². The summed E-state index contributed by atoms with van der Waals surface area (Å²) in [6, 6.07) is 13.5. The Morgan fingerprint density at radius 2 is 1.74 bits per heavy atom. The zero-order valence-electron chi connectivity index (χ0n) is 20.2. The highest BCUT2D eigenvalue weighted by atomic mass is 35.5. The minimum absolute atomic E-state index is 0.0143. The van der Waals surface area contributed by atoms with Gasteiger partial charge in [-0.15, -0.1) is 0 Å². The van der Waals surface area contributed by atoms with Gasteiger partial charge in [-0.25, -0.2) is 0 Å². The number of halogens is 1. The number of piperazine rings is 1. The van der Waals surface area contributed by atoms with Crippen molar-refractivity contribution < 1.29 is 19.1 Å². The normalized spacial score (nSPS) is 14.5. The number of carbonyl (C=O) groups excluding carboxylic acids is 2. The van der Waals surface area contributed by atoms with Gasteiger partial charge in [-0.2, -0.15) is 0 Å². The topological polar surface area (TPSA) is 71.1 Å². The summed E-state index contributed by atoms with van der Waals surface area (Å²) in [5, 5.41) is 3.67. The lowest BCUT2D eigenvalue weighted by Crippen LogP contribution is -2.49. The van der Waals surface area contributed by atoms with Crippen LogP contribution >= 0.6 is 11.6 Å². The van der Waals surface area contributed by atoms with Crippen molar-refractivity contribution in [3.05, 3.63) is 53.1 Å². The number of methoxy groups -OCH3 is 2. The quantitative estimate of drug-likeness (QED) is 0.552. The maximum atomic E-state index is 12.7. The summed E-state index contributed by atoms with van der Waals surface area (Å²) < 4.78 is 10.6. The molecular weight excluding hydrogens is 454 g/mol. The summed E-state index contributed by atoms with van der Waals surface area (Å²) in [5.41, 5.74) is 2.14. The molecule has 1 aliphatic rings. The first-order valence-electron chi connectivity index (χ1n) is 11.7. The summed E-state index contributed by atoms with van der Waals surface area (Å²) in [7, 11) is 3.20. The van der Waals surface area contributed by atoms with Crippen LogP contribution < -0.4 is 19.7 Å². The summed E-state index contributed by atoms with van der Waals surface area (Å²) in [6.45, 7) is 5.38. The minimum atomic E-state index is -0.0356. The average Bonchev–Trinajstić information content (AvgIpc) is 2.83. The molecule has 8 heteroatoms. The number of benzene rings is 2. The van der Waals surface area contributed by atoms with E-state index in [0.717, 1.165) is 24.3 Å². The van der Waals surface area contributed by atoms with Crippen molar-refractivity contribution in [1.82, 2.24) is 10.2 Å². The van der Waals surface area contributed by atoms with Gasteiger partial charge in [0.05, 0.1) is 14.2 Å². The van der Waals surface area contributed by atoms with Gasteiger partial charge in [0, 0.05) is 56.3 Å². The van der Waals surface area contributed by atoms with E-state index in [1.165, 1.54) is 0 Å². The minimum Gasteiger partial charge on any atom is -0.493 e. The van der Waals surface area contributed by atoms with Gasteiger partial charge in [0.15, 0.2) is 11.5 Å². The molecule has 3 rings (SSSR count). The third-order valence-electron chi connectivity index (χ3n) is 6.05. The Balaban J connectivity index is 1.36. The summed E-state index contributed by atoms with van der Waals surface area (Å²) in [4.78, 5) is 29.2. The van der Waals surface area contributed by atoms with Crippen LogP contribution in [-0.4, -0.2) is 63.7 Å². The molecule has 2 aromatic carbocycles. The van der Waals surface area contributed by atoms with Crippen LogP contribution in [0.1, 0.15) is 25.3 Å². The molecule has 0 spiro atoms. The fraction of sp³-hybridized carbons (Fsp3) is 0.462. The molecule has 0 aliphatic carbocycles. The second kappa shape index (κ2) is 12.5. The van der Waals surface area contributed by atoms with Gasteiger partial charge >= 0.3 is 0 Å². The standard InChI is InChI=1S/C26H34ClN3O4/c1-19(15-25(31)28-10-9-20-7-8-23(33-2)24(17-20)34-3)16-26(32)30-13-11-29(12-14-30)22-6-4-5-21(27)18-22/h4-8,17-19H,9-16H2,1-3H3,(H,28,31)/t19-/m0/s1. The summed E-state index contributed by atoms with van der Waals surface area (Å²) in [6.07, 6.45) is 1.40. The molecule has 0 radical (unpaired) electrons. The predicted octanol–water partition coefficient (Wildman–Crippen LogP) is 3.78. The maximum absolute atomic E-state index is 12.7. The maximum Gasteiger partial charge on any atom is 0.222 e. The molecule has 1 heterocycles. The van der Waals surface area contributed by atoms with E-state index in [2.05, 4.69) is 10.2 Å². The molecule has 0 saturated carbocycles. The number of amides is 2. The number of hydrogen-bond acceptors (Lipinski definition) is 5. The zero-order chi connectivity index (χ0) is 24.5. The van der Waals surface area contributed by atoms with Crippen molar-refractivity contribution in [2.45, 2.75) is 26.2 Å². The molecule has 184 valence electrons. The molecule has 0 aromatic heterocycles. The van der Waals surface area contributed by atoms with Gasteiger partial charge in [-0.05, 0) is 48.2 Å². The van der Waals surface area contributed by atoms with E-state index in [9.17, 15) is 9.59 Å². The van der Waals surface area contributed by atoms with Crippen molar-refractivity contribution in [3.8, 4) is 11.5 Å². The number of nitrogens with one attached hydrogen (secondary N) is 1. The van der Waals surface area contributed by atoms with E-state index in [1.54, 1.807) is 14.2 Å². The molecular formula is C26H34ClN3O4. The van der Waals surface area contributed by atoms with Gasteiger partial charge in [-0.3, -0.25) is 9.59 Å². The lowest BCUT2D eigenvalue weighted by Gasteiger charge is -2.36. The zero-order valence-corrected chi connectivity index (χ0v) is 20.9. The highest BCUT2D eigenvalue weighted by Gasteiger charge is 2.23. The van der Waals surface area contributed by atoms with E-state index in [1.807, 2.05) is 54.3 Å². The molecule has 1 saturated heterocycles. The second-order valence-corrected chi connectivity index (χ2v) is 9.09. The van der Waals surface area contributed by atoms with Crippen molar-refractivity contribution in [1.29, 1.82) is 0 Å². The number of anilines is 1. The lowest BCUT2D eigenvalue weighted by atomic mass is 10.0. The average molecular weight is 488 g/mol. The van der Waals surface area contributed by atoms with Crippen LogP contribution in [0.5, 0.6) is 11.5 Å². The van der Waals surface area contributed by atoms with E-state index >= 15 is 0 Å². The molecule has 1 fully saturated rings. The van der Waals surface area contributed by atoms with Gasteiger partial charge in [0.2, 0.25) is 11.8 Å². The number of ether oxygens (including phenoxy) is 2. The first-order chi connectivity index (χ1) is 16.4. The van der Waals surface area contributed by atoms with Gasteiger partial charge in [0.25, 0.3) is 0 Å². The molecule has 2 aromatic rings. The monoisotopic (exact) mass is 487 g/mol. The van der Waals surface area contributed by atoms with Gasteiger partial charge < -0.3 is 24.6 Å². The largest absolute Gasteiger partial charge is 0.493 e. The van der Waals surface area contributed by atoms with Crippen molar-refractivity contribution in [3.63, 3.8) is 0 Å². The van der Waals surface area contributed by atoms with Crippen LogP contribution in [0, 0.1) is 5.92 Å². The molecule has 2 amide bonds.